The number of nitrogens with one attached hydrogen (secondary N) is 2. The number of imidazole rings is 1. The van der Waals surface area contributed by atoms with Crippen LogP contribution in [-0.4, -0.2) is 60.0 Å². The van der Waals surface area contributed by atoms with Crippen LogP contribution in [-0.2, 0) is 13.0 Å². The zero-order chi connectivity index (χ0) is 18.4. The quantitative estimate of drug-likeness (QED) is 0.741. The molecule has 2 rings (SSSR count). The van der Waals surface area contributed by atoms with Gasteiger partial charge in [-0.05, 0) is 45.7 Å². The summed E-state index contributed by atoms with van der Waals surface area (Å²) in [7, 11) is 3.93. The SMILES string of the molecule is CC(C)CCNC(=O)c1nc(C(=O)NCCN(C)C)c2n1CCCC2. The Hall–Kier alpha value is -1.89. The Kier molecular flexibility index (Phi) is 6.99. The molecule has 1 aromatic rings. The average Bonchev–Trinajstić information content (AvgIpc) is 2.93. The number of aromatic nitrogens is 2. The summed E-state index contributed by atoms with van der Waals surface area (Å²) in [6.45, 7) is 6.96. The Morgan fingerprint density at radius 1 is 1.16 bits per heavy atom. The number of nitrogens with zero attached hydrogens (tertiary/aromatic N) is 3. The highest BCUT2D eigenvalue weighted by Crippen LogP contribution is 2.21. The molecule has 25 heavy (non-hydrogen) atoms. The Balaban J connectivity index is 2.11. The lowest BCUT2D eigenvalue weighted by Gasteiger charge is -2.17. The molecular formula is C18H31N5O2. The molecule has 7 heteroatoms. The predicted molar refractivity (Wildman–Crippen MR) is 97.8 cm³/mol. The Labute approximate surface area is 150 Å². The Morgan fingerprint density at radius 2 is 1.88 bits per heavy atom. The molecule has 0 atom stereocenters. The van der Waals surface area contributed by atoms with Gasteiger partial charge in [0.1, 0.15) is 5.69 Å². The van der Waals surface area contributed by atoms with Gasteiger partial charge in [-0.15, -0.1) is 0 Å². The predicted octanol–water partition coefficient (Wildman–Crippen LogP) is 1.29. The van der Waals surface area contributed by atoms with Crippen molar-refractivity contribution in [3.8, 4) is 0 Å². The van der Waals surface area contributed by atoms with E-state index in [4.69, 9.17) is 0 Å². The third kappa shape index (κ3) is 5.29. The van der Waals surface area contributed by atoms with E-state index in [-0.39, 0.29) is 11.8 Å². The van der Waals surface area contributed by atoms with E-state index in [2.05, 4.69) is 29.5 Å². The lowest BCUT2D eigenvalue weighted by Crippen LogP contribution is -2.32. The summed E-state index contributed by atoms with van der Waals surface area (Å²) in [6, 6.07) is 0. The van der Waals surface area contributed by atoms with Crippen molar-refractivity contribution in [3.63, 3.8) is 0 Å². The van der Waals surface area contributed by atoms with Gasteiger partial charge >= 0.3 is 0 Å². The molecule has 0 radical (unpaired) electrons. The Morgan fingerprint density at radius 3 is 2.56 bits per heavy atom. The molecule has 0 aromatic carbocycles. The number of carbonyl (C=O) groups excluding carboxylic acids is 2. The maximum absolute atomic E-state index is 12.5. The minimum atomic E-state index is -0.186. The van der Waals surface area contributed by atoms with Gasteiger partial charge in [0.25, 0.3) is 11.8 Å². The summed E-state index contributed by atoms with van der Waals surface area (Å²) in [5.41, 5.74) is 1.30. The molecular weight excluding hydrogens is 318 g/mol. The van der Waals surface area contributed by atoms with Crippen molar-refractivity contribution in [3.05, 3.63) is 17.2 Å². The second-order valence-electron chi connectivity index (χ2n) is 7.34. The number of likely N-dealkylation sites (N-methyl/N-ethyl adjacent to an activating group) is 1. The highest BCUT2D eigenvalue weighted by Gasteiger charge is 2.27. The number of fused-ring (bicyclic) bond motifs is 1. The number of hydrogen-bond donors (Lipinski definition) is 2. The molecule has 1 aliphatic heterocycles. The fraction of sp³-hybridized carbons (Fsp3) is 0.722. The topological polar surface area (TPSA) is 79.3 Å². The molecule has 1 aliphatic rings. The van der Waals surface area contributed by atoms with Crippen molar-refractivity contribution in [2.75, 3.05) is 33.7 Å². The van der Waals surface area contributed by atoms with Crippen molar-refractivity contribution in [2.45, 2.75) is 46.1 Å². The lowest BCUT2D eigenvalue weighted by molar-refractivity contribution is 0.0936. The third-order valence-electron chi connectivity index (χ3n) is 4.39. The molecule has 0 unspecified atom stereocenters. The summed E-state index contributed by atoms with van der Waals surface area (Å²) < 4.78 is 1.93. The average molecular weight is 349 g/mol. The van der Waals surface area contributed by atoms with Gasteiger partial charge in [-0.25, -0.2) is 4.98 Å². The van der Waals surface area contributed by atoms with Gasteiger partial charge in [-0.2, -0.15) is 0 Å². The van der Waals surface area contributed by atoms with E-state index < -0.39 is 0 Å². The summed E-state index contributed by atoms with van der Waals surface area (Å²) >= 11 is 0. The van der Waals surface area contributed by atoms with Crippen LogP contribution in [0.3, 0.4) is 0 Å². The normalized spacial score (nSPS) is 13.8. The van der Waals surface area contributed by atoms with Crippen LogP contribution in [0, 0.1) is 5.92 Å². The van der Waals surface area contributed by atoms with Crippen LogP contribution in [0.1, 0.15) is 59.9 Å². The van der Waals surface area contributed by atoms with E-state index in [9.17, 15) is 9.59 Å². The highest BCUT2D eigenvalue weighted by atomic mass is 16.2. The molecule has 0 bridgehead atoms. The monoisotopic (exact) mass is 349 g/mol. The van der Waals surface area contributed by atoms with E-state index in [1.807, 2.05) is 23.6 Å². The van der Waals surface area contributed by atoms with Gasteiger partial charge < -0.3 is 20.1 Å². The van der Waals surface area contributed by atoms with Crippen molar-refractivity contribution in [1.82, 2.24) is 25.1 Å². The van der Waals surface area contributed by atoms with Gasteiger partial charge in [0.15, 0.2) is 5.82 Å². The lowest BCUT2D eigenvalue weighted by atomic mass is 10.1. The first-order chi connectivity index (χ1) is 11.9. The van der Waals surface area contributed by atoms with Crippen molar-refractivity contribution < 1.29 is 9.59 Å². The van der Waals surface area contributed by atoms with Crippen LogP contribution < -0.4 is 10.6 Å². The molecule has 2 N–H and O–H groups in total. The molecule has 0 saturated carbocycles. The molecule has 0 fully saturated rings. The van der Waals surface area contributed by atoms with E-state index >= 15 is 0 Å². The molecule has 0 spiro atoms. The summed E-state index contributed by atoms with van der Waals surface area (Å²) in [5, 5.41) is 5.83. The van der Waals surface area contributed by atoms with Crippen LogP contribution in [0.5, 0.6) is 0 Å². The third-order valence-corrected chi connectivity index (χ3v) is 4.39. The van der Waals surface area contributed by atoms with Crippen molar-refractivity contribution in [1.29, 1.82) is 0 Å². The van der Waals surface area contributed by atoms with Gasteiger partial charge in [-0.3, -0.25) is 9.59 Å². The second kappa shape index (κ2) is 8.99. The van der Waals surface area contributed by atoms with Gasteiger partial charge in [0.2, 0.25) is 0 Å². The first kappa shape index (κ1) is 19.4. The van der Waals surface area contributed by atoms with Crippen molar-refractivity contribution in [2.24, 2.45) is 5.92 Å². The van der Waals surface area contributed by atoms with E-state index in [0.29, 0.717) is 30.5 Å². The van der Waals surface area contributed by atoms with Crippen LogP contribution in [0.2, 0.25) is 0 Å². The van der Waals surface area contributed by atoms with Gasteiger partial charge in [-0.1, -0.05) is 13.8 Å². The Bertz CT molecular complexity index is 556. The summed E-state index contributed by atoms with van der Waals surface area (Å²) in [6.07, 6.45) is 3.76. The zero-order valence-corrected chi connectivity index (χ0v) is 15.9. The molecule has 0 aliphatic carbocycles. The van der Waals surface area contributed by atoms with Gasteiger partial charge in [0, 0.05) is 26.2 Å². The van der Waals surface area contributed by atoms with E-state index in [1.165, 1.54) is 0 Å². The first-order valence-corrected chi connectivity index (χ1v) is 9.20. The van der Waals surface area contributed by atoms with E-state index in [0.717, 1.165) is 44.5 Å². The molecule has 140 valence electrons. The summed E-state index contributed by atoms with van der Waals surface area (Å²) in [5.74, 6) is 0.536. The van der Waals surface area contributed by atoms with Crippen LogP contribution >= 0.6 is 0 Å². The highest BCUT2D eigenvalue weighted by molar-refractivity contribution is 5.97. The fourth-order valence-corrected chi connectivity index (χ4v) is 2.93. The van der Waals surface area contributed by atoms with Gasteiger partial charge in [0.05, 0.1) is 5.69 Å². The van der Waals surface area contributed by atoms with Crippen LogP contribution in [0.4, 0.5) is 0 Å². The zero-order valence-electron chi connectivity index (χ0n) is 15.9. The largest absolute Gasteiger partial charge is 0.349 e. The number of rotatable bonds is 8. The number of carbonyl (C=O) groups is 2. The standard InChI is InChI=1S/C18H31N5O2/c1-13(2)8-9-19-18(25)16-21-15(14-7-5-6-11-23(14)16)17(24)20-10-12-22(3)4/h13H,5-12H2,1-4H3,(H,19,25)(H,20,24). The van der Waals surface area contributed by atoms with Crippen LogP contribution in [0.25, 0.3) is 0 Å². The molecule has 1 aromatic heterocycles. The molecule has 2 heterocycles. The molecule has 7 nitrogen and oxygen atoms in total. The smallest absolute Gasteiger partial charge is 0.287 e. The maximum atomic E-state index is 12.5. The summed E-state index contributed by atoms with van der Waals surface area (Å²) in [4.78, 5) is 31.4. The van der Waals surface area contributed by atoms with Crippen LogP contribution in [0.15, 0.2) is 0 Å². The maximum Gasteiger partial charge on any atom is 0.287 e. The molecule has 2 amide bonds. The minimum Gasteiger partial charge on any atom is -0.349 e. The van der Waals surface area contributed by atoms with Crippen molar-refractivity contribution >= 4 is 11.8 Å². The fourth-order valence-electron chi connectivity index (χ4n) is 2.93. The minimum absolute atomic E-state index is 0.184. The molecule has 0 saturated heterocycles. The first-order valence-electron chi connectivity index (χ1n) is 9.20. The second-order valence-corrected chi connectivity index (χ2v) is 7.34. The number of amides is 2. The van der Waals surface area contributed by atoms with E-state index in [1.54, 1.807) is 0 Å². The number of hydrogen-bond acceptors (Lipinski definition) is 4.